The van der Waals surface area contributed by atoms with Crippen LogP contribution in [0.4, 0.5) is 8.78 Å². The summed E-state index contributed by atoms with van der Waals surface area (Å²) in [5, 5.41) is 8.49. The number of halogens is 2. The van der Waals surface area contributed by atoms with Gasteiger partial charge < -0.3 is 10.8 Å². The van der Waals surface area contributed by atoms with Crippen LogP contribution in [0.3, 0.4) is 0 Å². The van der Waals surface area contributed by atoms with Crippen molar-refractivity contribution in [3.63, 3.8) is 0 Å². The van der Waals surface area contributed by atoms with E-state index in [0.717, 1.165) is 0 Å². The lowest BCUT2D eigenvalue weighted by Crippen LogP contribution is -2.47. The molecule has 5 heteroatoms. The first-order valence-electron chi connectivity index (χ1n) is 4.22. The first-order chi connectivity index (χ1) is 5.83. The Kier molecular flexibility index (Phi) is 2.56. The van der Waals surface area contributed by atoms with Crippen LogP contribution < -0.4 is 5.73 Å². The Morgan fingerprint density at radius 1 is 1.31 bits per heavy atom. The van der Waals surface area contributed by atoms with Crippen LogP contribution in [0.15, 0.2) is 0 Å². The Bertz CT molecular complexity index is 208. The van der Waals surface area contributed by atoms with E-state index in [0.29, 0.717) is 0 Å². The minimum Gasteiger partial charge on any atom is -0.481 e. The third-order valence-corrected chi connectivity index (χ3v) is 2.48. The highest BCUT2D eigenvalue weighted by molar-refractivity contribution is 5.68. The molecule has 0 atom stereocenters. The second kappa shape index (κ2) is 3.21. The van der Waals surface area contributed by atoms with Crippen molar-refractivity contribution in [2.45, 2.75) is 43.6 Å². The van der Waals surface area contributed by atoms with Crippen molar-refractivity contribution in [2.75, 3.05) is 0 Å². The Morgan fingerprint density at radius 2 is 1.77 bits per heavy atom. The van der Waals surface area contributed by atoms with Gasteiger partial charge in [0.25, 0.3) is 0 Å². The fourth-order valence-corrected chi connectivity index (χ4v) is 1.59. The van der Waals surface area contributed by atoms with Crippen molar-refractivity contribution in [1.29, 1.82) is 0 Å². The molecule has 0 amide bonds. The molecule has 1 aliphatic carbocycles. The van der Waals surface area contributed by atoms with Crippen LogP contribution in [-0.2, 0) is 4.79 Å². The smallest absolute Gasteiger partial charge is 0.305 e. The Morgan fingerprint density at radius 3 is 2.15 bits per heavy atom. The van der Waals surface area contributed by atoms with Gasteiger partial charge in [0.1, 0.15) is 0 Å². The summed E-state index contributed by atoms with van der Waals surface area (Å²) < 4.78 is 25.4. The monoisotopic (exact) mass is 193 g/mol. The standard InChI is InChI=1S/C8H13F2NO2/c9-8(10)3-1-7(11,2-4-8)5-6(12)13/h1-5,11H2,(H,12,13). The number of rotatable bonds is 2. The van der Waals surface area contributed by atoms with Crippen molar-refractivity contribution < 1.29 is 18.7 Å². The van der Waals surface area contributed by atoms with Gasteiger partial charge in [-0.25, -0.2) is 8.78 Å². The van der Waals surface area contributed by atoms with Gasteiger partial charge in [-0.05, 0) is 12.8 Å². The fraction of sp³-hybridized carbons (Fsp3) is 0.875. The molecule has 0 spiro atoms. The molecule has 13 heavy (non-hydrogen) atoms. The van der Waals surface area contributed by atoms with E-state index in [-0.39, 0.29) is 32.1 Å². The molecule has 0 aromatic heterocycles. The Balaban J connectivity index is 2.51. The molecule has 0 radical (unpaired) electrons. The zero-order valence-corrected chi connectivity index (χ0v) is 7.22. The van der Waals surface area contributed by atoms with Gasteiger partial charge in [-0.3, -0.25) is 4.79 Å². The predicted octanol–water partition coefficient (Wildman–Crippen LogP) is 1.37. The molecule has 3 N–H and O–H groups in total. The Labute approximate surface area is 74.9 Å². The highest BCUT2D eigenvalue weighted by Gasteiger charge is 2.42. The quantitative estimate of drug-likeness (QED) is 0.696. The van der Waals surface area contributed by atoms with E-state index in [4.69, 9.17) is 10.8 Å². The lowest BCUT2D eigenvalue weighted by molar-refractivity contribution is -0.139. The molecule has 0 aliphatic heterocycles. The van der Waals surface area contributed by atoms with E-state index >= 15 is 0 Å². The van der Waals surface area contributed by atoms with Gasteiger partial charge >= 0.3 is 5.97 Å². The highest BCUT2D eigenvalue weighted by atomic mass is 19.3. The molecule has 1 saturated carbocycles. The van der Waals surface area contributed by atoms with E-state index in [2.05, 4.69) is 0 Å². The molecule has 76 valence electrons. The molecule has 1 aliphatic rings. The summed E-state index contributed by atoms with van der Waals surface area (Å²) in [5.74, 6) is -3.67. The number of alkyl halides is 2. The van der Waals surface area contributed by atoms with E-state index in [1.54, 1.807) is 0 Å². The number of aliphatic carboxylic acids is 1. The normalized spacial score (nSPS) is 25.5. The lowest BCUT2D eigenvalue weighted by Gasteiger charge is -2.35. The molecule has 0 aromatic rings. The molecule has 0 saturated heterocycles. The minimum atomic E-state index is -2.65. The lowest BCUT2D eigenvalue weighted by atomic mass is 9.78. The summed E-state index contributed by atoms with van der Waals surface area (Å²) in [4.78, 5) is 10.4. The minimum absolute atomic E-state index is 0.0896. The van der Waals surface area contributed by atoms with Gasteiger partial charge in [-0.1, -0.05) is 0 Å². The molecule has 0 aromatic carbocycles. The van der Waals surface area contributed by atoms with Gasteiger partial charge in [0, 0.05) is 18.4 Å². The topological polar surface area (TPSA) is 63.3 Å². The van der Waals surface area contributed by atoms with Gasteiger partial charge in [-0.15, -0.1) is 0 Å². The number of carbonyl (C=O) groups is 1. The van der Waals surface area contributed by atoms with Crippen LogP contribution >= 0.6 is 0 Å². The van der Waals surface area contributed by atoms with E-state index in [1.807, 2.05) is 0 Å². The van der Waals surface area contributed by atoms with Gasteiger partial charge in [-0.2, -0.15) is 0 Å². The van der Waals surface area contributed by atoms with Crippen LogP contribution in [0.5, 0.6) is 0 Å². The third-order valence-electron chi connectivity index (χ3n) is 2.48. The number of hydrogen-bond acceptors (Lipinski definition) is 2. The average molecular weight is 193 g/mol. The van der Waals surface area contributed by atoms with Crippen molar-refractivity contribution in [3.8, 4) is 0 Å². The summed E-state index contributed by atoms with van der Waals surface area (Å²) in [6, 6.07) is 0. The second-order valence-corrected chi connectivity index (χ2v) is 3.79. The number of nitrogens with two attached hydrogens (primary N) is 1. The van der Waals surface area contributed by atoms with Crippen molar-refractivity contribution >= 4 is 5.97 Å². The number of carboxylic acid groups (broad SMARTS) is 1. The summed E-state index contributed by atoms with van der Waals surface area (Å²) in [6.45, 7) is 0. The second-order valence-electron chi connectivity index (χ2n) is 3.79. The molecule has 0 bridgehead atoms. The van der Waals surface area contributed by atoms with Crippen molar-refractivity contribution in [2.24, 2.45) is 5.73 Å². The van der Waals surface area contributed by atoms with E-state index in [1.165, 1.54) is 0 Å². The van der Waals surface area contributed by atoms with Crippen LogP contribution in [0.1, 0.15) is 32.1 Å². The third kappa shape index (κ3) is 2.91. The van der Waals surface area contributed by atoms with Crippen molar-refractivity contribution in [3.05, 3.63) is 0 Å². The molecular formula is C8H13F2NO2. The number of hydrogen-bond donors (Lipinski definition) is 2. The summed E-state index contributed by atoms with van der Waals surface area (Å²) in [5.41, 5.74) is 4.74. The number of carboxylic acids is 1. The van der Waals surface area contributed by atoms with Crippen LogP contribution in [0.25, 0.3) is 0 Å². The summed E-state index contributed by atoms with van der Waals surface area (Å²) in [6.07, 6.45) is -0.630. The maximum absolute atomic E-state index is 12.7. The maximum Gasteiger partial charge on any atom is 0.305 e. The van der Waals surface area contributed by atoms with Crippen LogP contribution in [0, 0.1) is 0 Å². The highest BCUT2D eigenvalue weighted by Crippen LogP contribution is 2.38. The van der Waals surface area contributed by atoms with Crippen LogP contribution in [0.2, 0.25) is 0 Å². The molecule has 1 rings (SSSR count). The SMILES string of the molecule is NC1(CC(=O)O)CCC(F)(F)CC1. The molecule has 0 unspecified atom stereocenters. The van der Waals surface area contributed by atoms with Crippen LogP contribution in [-0.4, -0.2) is 22.5 Å². The molecule has 3 nitrogen and oxygen atoms in total. The first-order valence-corrected chi connectivity index (χ1v) is 4.22. The largest absolute Gasteiger partial charge is 0.481 e. The first kappa shape index (κ1) is 10.4. The zero-order chi connectivity index (χ0) is 10.1. The fourth-order valence-electron chi connectivity index (χ4n) is 1.59. The van der Waals surface area contributed by atoms with E-state index in [9.17, 15) is 13.6 Å². The predicted molar refractivity (Wildman–Crippen MR) is 42.6 cm³/mol. The Hall–Kier alpha value is -0.710. The van der Waals surface area contributed by atoms with Gasteiger partial charge in [0.2, 0.25) is 5.92 Å². The molecular weight excluding hydrogens is 180 g/mol. The van der Waals surface area contributed by atoms with Crippen molar-refractivity contribution in [1.82, 2.24) is 0 Å². The maximum atomic E-state index is 12.7. The molecule has 1 fully saturated rings. The summed E-state index contributed by atoms with van der Waals surface area (Å²) >= 11 is 0. The van der Waals surface area contributed by atoms with E-state index < -0.39 is 17.4 Å². The summed E-state index contributed by atoms with van der Waals surface area (Å²) in [7, 11) is 0. The van der Waals surface area contributed by atoms with Gasteiger partial charge in [0.15, 0.2) is 0 Å². The zero-order valence-electron chi connectivity index (χ0n) is 7.22. The van der Waals surface area contributed by atoms with Gasteiger partial charge in [0.05, 0.1) is 6.42 Å². The average Bonchev–Trinajstić information content (AvgIpc) is 1.95. The molecule has 0 heterocycles.